The van der Waals surface area contributed by atoms with Crippen LogP contribution in [0.2, 0.25) is 0 Å². The molecule has 0 aliphatic heterocycles. The Morgan fingerprint density at radius 2 is 1.73 bits per heavy atom. The van der Waals surface area contributed by atoms with Gasteiger partial charge in [0.2, 0.25) is 0 Å². The van der Waals surface area contributed by atoms with Gasteiger partial charge in [-0.3, -0.25) is 4.98 Å². The maximum Gasteiger partial charge on any atom is 0.0675 e. The van der Waals surface area contributed by atoms with Gasteiger partial charge >= 0.3 is 0 Å². The van der Waals surface area contributed by atoms with Crippen LogP contribution in [0.5, 0.6) is 0 Å². The molecule has 0 saturated heterocycles. The van der Waals surface area contributed by atoms with E-state index in [0.29, 0.717) is 0 Å². The van der Waals surface area contributed by atoms with E-state index in [9.17, 15) is 0 Å². The average molecular weight is 219 g/mol. The number of aromatic nitrogens is 2. The number of aryl methyl sites for hydroxylation is 1. The molecule has 0 fully saturated rings. The zero-order valence-corrected chi connectivity index (χ0v) is 9.16. The van der Waals surface area contributed by atoms with Crippen LogP contribution in [0, 0.1) is 0 Å². The van der Waals surface area contributed by atoms with Gasteiger partial charge in [0.15, 0.2) is 0 Å². The number of pyridine rings is 1. The molecule has 2 nitrogen and oxygen atoms in total. The van der Waals surface area contributed by atoms with Gasteiger partial charge in [-0.15, -0.1) is 12.4 Å². The van der Waals surface area contributed by atoms with E-state index in [1.807, 2.05) is 12.4 Å². The van der Waals surface area contributed by atoms with Crippen molar-refractivity contribution in [3.8, 4) is 0 Å². The van der Waals surface area contributed by atoms with Crippen LogP contribution in [-0.2, 0) is 7.05 Å². The minimum absolute atomic E-state index is 0. The predicted molar refractivity (Wildman–Crippen MR) is 65.5 cm³/mol. The molecule has 0 aliphatic carbocycles. The third-order valence-electron chi connectivity index (χ3n) is 2.72. The number of fused-ring (bicyclic) bond motifs is 3. The van der Waals surface area contributed by atoms with Crippen molar-refractivity contribution in [2.45, 2.75) is 0 Å². The maximum atomic E-state index is 4.15. The molecule has 76 valence electrons. The van der Waals surface area contributed by atoms with Crippen molar-refractivity contribution in [1.29, 1.82) is 0 Å². The summed E-state index contributed by atoms with van der Waals surface area (Å²) in [7, 11) is 2.08. The van der Waals surface area contributed by atoms with Crippen LogP contribution in [0.4, 0.5) is 0 Å². The molecule has 2 aromatic heterocycles. The van der Waals surface area contributed by atoms with Crippen molar-refractivity contribution in [2.75, 3.05) is 0 Å². The number of hydrogen-bond donors (Lipinski definition) is 0. The summed E-state index contributed by atoms with van der Waals surface area (Å²) >= 11 is 0. The highest BCUT2D eigenvalue weighted by atomic mass is 35.5. The van der Waals surface area contributed by atoms with Crippen LogP contribution in [0.1, 0.15) is 0 Å². The molecule has 0 bridgehead atoms. The van der Waals surface area contributed by atoms with E-state index in [-0.39, 0.29) is 12.4 Å². The lowest BCUT2D eigenvalue weighted by atomic mass is 10.2. The van der Waals surface area contributed by atoms with Crippen LogP contribution < -0.4 is 0 Å². The Balaban J connectivity index is 0.000000853. The largest absolute Gasteiger partial charge is 0.342 e. The number of hydrogen-bond acceptors (Lipinski definition) is 1. The van der Waals surface area contributed by atoms with Crippen LogP contribution in [0.15, 0.2) is 42.7 Å². The number of rotatable bonds is 0. The summed E-state index contributed by atoms with van der Waals surface area (Å²) in [6.07, 6.45) is 3.75. The number of benzene rings is 1. The molecule has 2 heterocycles. The SMILES string of the molecule is Cl.Cn1c2ccccc2c2ccncc21. The minimum atomic E-state index is 0. The summed E-state index contributed by atoms with van der Waals surface area (Å²) in [4.78, 5) is 4.15. The number of halogens is 1. The summed E-state index contributed by atoms with van der Waals surface area (Å²) in [5.41, 5.74) is 2.45. The van der Waals surface area contributed by atoms with Crippen LogP contribution in [0.3, 0.4) is 0 Å². The molecular formula is C12H11ClN2. The zero-order chi connectivity index (χ0) is 9.54. The lowest BCUT2D eigenvalue weighted by Gasteiger charge is -1.95. The van der Waals surface area contributed by atoms with E-state index in [1.165, 1.54) is 21.8 Å². The third kappa shape index (κ3) is 1.29. The molecule has 0 spiro atoms. The molecule has 0 atom stereocenters. The van der Waals surface area contributed by atoms with Gasteiger partial charge in [0, 0.05) is 29.5 Å². The first kappa shape index (κ1) is 9.99. The van der Waals surface area contributed by atoms with Crippen LogP contribution in [0.25, 0.3) is 21.8 Å². The summed E-state index contributed by atoms with van der Waals surface area (Å²) in [5.74, 6) is 0. The van der Waals surface area contributed by atoms with E-state index in [4.69, 9.17) is 0 Å². The second kappa shape index (κ2) is 3.55. The summed E-state index contributed by atoms with van der Waals surface area (Å²) in [6, 6.07) is 10.5. The number of nitrogens with zero attached hydrogens (tertiary/aromatic N) is 2. The Bertz CT molecular complexity index is 560. The highest BCUT2D eigenvalue weighted by Gasteiger charge is 2.05. The fourth-order valence-corrected chi connectivity index (χ4v) is 2.00. The van der Waals surface area contributed by atoms with Crippen molar-refractivity contribution >= 4 is 34.2 Å². The van der Waals surface area contributed by atoms with E-state index in [2.05, 4.69) is 46.9 Å². The minimum Gasteiger partial charge on any atom is -0.342 e. The average Bonchev–Trinajstić information content (AvgIpc) is 2.55. The summed E-state index contributed by atoms with van der Waals surface area (Å²) < 4.78 is 2.18. The standard InChI is InChI=1S/C12H10N2.ClH/c1-14-11-5-3-2-4-9(11)10-6-7-13-8-12(10)14;/h2-8H,1H3;1H. The quantitative estimate of drug-likeness (QED) is 0.567. The second-order valence-electron chi connectivity index (χ2n) is 3.47. The van der Waals surface area contributed by atoms with E-state index in [0.717, 1.165) is 0 Å². The van der Waals surface area contributed by atoms with Gasteiger partial charge in [0.25, 0.3) is 0 Å². The fourth-order valence-electron chi connectivity index (χ4n) is 2.00. The van der Waals surface area contributed by atoms with Crippen LogP contribution >= 0.6 is 12.4 Å². The summed E-state index contributed by atoms with van der Waals surface area (Å²) in [5, 5.41) is 2.57. The molecule has 0 aliphatic rings. The smallest absolute Gasteiger partial charge is 0.0675 e. The Morgan fingerprint density at radius 3 is 2.60 bits per heavy atom. The molecule has 15 heavy (non-hydrogen) atoms. The van der Waals surface area contributed by atoms with Gasteiger partial charge in [0.1, 0.15) is 0 Å². The predicted octanol–water partition coefficient (Wildman–Crippen LogP) is 3.15. The highest BCUT2D eigenvalue weighted by Crippen LogP contribution is 2.26. The molecule has 0 saturated carbocycles. The lowest BCUT2D eigenvalue weighted by molar-refractivity contribution is 1.01. The second-order valence-corrected chi connectivity index (χ2v) is 3.47. The molecule has 3 aromatic rings. The molecule has 1 aromatic carbocycles. The molecular weight excluding hydrogens is 208 g/mol. The van der Waals surface area contributed by atoms with Crippen molar-refractivity contribution in [3.63, 3.8) is 0 Å². The molecule has 0 radical (unpaired) electrons. The fraction of sp³-hybridized carbons (Fsp3) is 0.0833. The molecule has 0 N–H and O–H groups in total. The maximum absolute atomic E-state index is 4.15. The van der Waals surface area contributed by atoms with E-state index >= 15 is 0 Å². The van der Waals surface area contributed by atoms with Gasteiger partial charge < -0.3 is 4.57 Å². The zero-order valence-electron chi connectivity index (χ0n) is 8.34. The first-order chi connectivity index (χ1) is 6.88. The summed E-state index contributed by atoms with van der Waals surface area (Å²) in [6.45, 7) is 0. The highest BCUT2D eigenvalue weighted by molar-refractivity contribution is 6.07. The van der Waals surface area contributed by atoms with E-state index < -0.39 is 0 Å². The van der Waals surface area contributed by atoms with Crippen molar-refractivity contribution in [3.05, 3.63) is 42.7 Å². The molecule has 3 heteroatoms. The molecule has 0 unspecified atom stereocenters. The third-order valence-corrected chi connectivity index (χ3v) is 2.72. The molecule has 0 amide bonds. The number of para-hydroxylation sites is 1. The topological polar surface area (TPSA) is 17.8 Å². The Morgan fingerprint density at radius 1 is 1.00 bits per heavy atom. The van der Waals surface area contributed by atoms with Crippen LogP contribution in [-0.4, -0.2) is 9.55 Å². The van der Waals surface area contributed by atoms with Gasteiger partial charge in [0.05, 0.1) is 11.7 Å². The van der Waals surface area contributed by atoms with Gasteiger partial charge in [-0.25, -0.2) is 0 Å². The van der Waals surface area contributed by atoms with Crippen molar-refractivity contribution in [1.82, 2.24) is 9.55 Å². The Kier molecular flexibility index (Phi) is 2.37. The van der Waals surface area contributed by atoms with E-state index in [1.54, 1.807) is 0 Å². The van der Waals surface area contributed by atoms with Gasteiger partial charge in [-0.05, 0) is 12.1 Å². The first-order valence-corrected chi connectivity index (χ1v) is 4.65. The Labute approximate surface area is 94.0 Å². The van der Waals surface area contributed by atoms with Crippen molar-refractivity contribution in [2.24, 2.45) is 7.05 Å². The van der Waals surface area contributed by atoms with Gasteiger partial charge in [-0.1, -0.05) is 18.2 Å². The van der Waals surface area contributed by atoms with Gasteiger partial charge in [-0.2, -0.15) is 0 Å². The monoisotopic (exact) mass is 218 g/mol. The van der Waals surface area contributed by atoms with Crippen molar-refractivity contribution < 1.29 is 0 Å². The normalized spacial score (nSPS) is 10.5. The molecule has 3 rings (SSSR count). The lowest BCUT2D eigenvalue weighted by Crippen LogP contribution is -1.85. The first-order valence-electron chi connectivity index (χ1n) is 4.65. The Hall–Kier alpha value is -1.54.